The summed E-state index contributed by atoms with van der Waals surface area (Å²) in [6.07, 6.45) is 3.54. The number of nitrogens with one attached hydrogen (secondary N) is 1. The van der Waals surface area contributed by atoms with Gasteiger partial charge in [-0.3, -0.25) is 4.98 Å². The Balaban J connectivity index is 1.91. The number of hydrogen-bond donors (Lipinski definition) is 2. The molecule has 1 aromatic heterocycles. The zero-order valence-electron chi connectivity index (χ0n) is 13.6. The molecule has 0 fully saturated rings. The number of pyridine rings is 1. The van der Waals surface area contributed by atoms with E-state index in [1.807, 2.05) is 54.6 Å². The molecule has 1 atom stereocenters. The molecule has 3 aromatic carbocycles. The third-order valence-corrected chi connectivity index (χ3v) is 4.34. The molecule has 0 saturated carbocycles. The average Bonchev–Trinajstić information content (AvgIpc) is 2.68. The minimum absolute atomic E-state index is 0.184. The van der Waals surface area contributed by atoms with E-state index >= 15 is 0 Å². The van der Waals surface area contributed by atoms with Crippen LogP contribution in [0.1, 0.15) is 17.2 Å². The van der Waals surface area contributed by atoms with Gasteiger partial charge in [0.1, 0.15) is 5.75 Å². The van der Waals surface area contributed by atoms with E-state index in [-0.39, 0.29) is 11.8 Å². The van der Waals surface area contributed by atoms with Crippen LogP contribution in [0.2, 0.25) is 0 Å². The van der Waals surface area contributed by atoms with Crippen molar-refractivity contribution in [3.63, 3.8) is 0 Å². The van der Waals surface area contributed by atoms with Gasteiger partial charge in [0.15, 0.2) is 0 Å². The Bertz CT molecular complexity index is 984. The molecule has 1 unspecified atom stereocenters. The molecular weight excluding hydrogens is 308 g/mol. The summed E-state index contributed by atoms with van der Waals surface area (Å²) in [6.45, 7) is 0. The highest BCUT2D eigenvalue weighted by Gasteiger charge is 2.20. The van der Waals surface area contributed by atoms with Crippen molar-refractivity contribution in [3.8, 4) is 5.75 Å². The van der Waals surface area contributed by atoms with E-state index in [9.17, 15) is 5.11 Å². The van der Waals surface area contributed by atoms with Gasteiger partial charge in [-0.1, -0.05) is 60.7 Å². The molecule has 0 amide bonds. The number of phenols is 1. The number of phenolic OH excluding ortho intramolecular Hbond substituents is 1. The maximum Gasteiger partial charge on any atom is 0.121 e. The topological polar surface area (TPSA) is 45.1 Å². The number of fused-ring (bicyclic) bond motifs is 1. The first kappa shape index (κ1) is 15.2. The molecule has 0 spiro atoms. The quantitative estimate of drug-likeness (QED) is 0.545. The fourth-order valence-corrected chi connectivity index (χ4v) is 3.17. The second-order valence-electron chi connectivity index (χ2n) is 5.95. The fourth-order valence-electron chi connectivity index (χ4n) is 3.17. The highest BCUT2D eigenvalue weighted by molar-refractivity contribution is 5.89. The summed E-state index contributed by atoms with van der Waals surface area (Å²) in [6, 6.07) is 25.7. The second kappa shape index (κ2) is 6.65. The van der Waals surface area contributed by atoms with Crippen LogP contribution in [0, 0.1) is 0 Å². The van der Waals surface area contributed by atoms with Crippen molar-refractivity contribution in [1.82, 2.24) is 4.98 Å². The lowest BCUT2D eigenvalue weighted by molar-refractivity contribution is 0.468. The lowest BCUT2D eigenvalue weighted by Gasteiger charge is -2.23. The molecule has 3 heteroatoms. The predicted octanol–water partition coefficient (Wildman–Crippen LogP) is 5.14. The Morgan fingerprint density at radius 2 is 1.60 bits per heavy atom. The normalized spacial score (nSPS) is 12.0. The van der Waals surface area contributed by atoms with Gasteiger partial charge in [0, 0.05) is 18.0 Å². The fraction of sp³-hybridized carbons (Fsp3) is 0.0455. The highest BCUT2D eigenvalue weighted by Crippen LogP contribution is 2.37. The van der Waals surface area contributed by atoms with Crippen molar-refractivity contribution in [1.29, 1.82) is 0 Å². The maximum absolute atomic E-state index is 10.7. The SMILES string of the molecule is Oc1ccc2ccccc2c1C(Nc1cccnc1)c1ccccc1. The zero-order chi connectivity index (χ0) is 17.1. The minimum atomic E-state index is -0.184. The number of benzene rings is 3. The third kappa shape index (κ3) is 3.04. The first-order valence-corrected chi connectivity index (χ1v) is 8.25. The molecule has 25 heavy (non-hydrogen) atoms. The van der Waals surface area contributed by atoms with E-state index in [0.717, 1.165) is 27.6 Å². The summed E-state index contributed by atoms with van der Waals surface area (Å²) in [5.41, 5.74) is 2.86. The first-order valence-electron chi connectivity index (χ1n) is 8.25. The molecule has 0 aliphatic rings. The molecule has 4 aromatic rings. The molecular formula is C22H18N2O. The van der Waals surface area contributed by atoms with Gasteiger partial charge in [-0.25, -0.2) is 0 Å². The lowest BCUT2D eigenvalue weighted by atomic mass is 9.92. The van der Waals surface area contributed by atoms with Crippen LogP contribution in [0.3, 0.4) is 0 Å². The van der Waals surface area contributed by atoms with Crippen LogP contribution in [0.5, 0.6) is 5.75 Å². The van der Waals surface area contributed by atoms with Crippen molar-refractivity contribution in [2.75, 3.05) is 5.32 Å². The summed E-state index contributed by atoms with van der Waals surface area (Å²) in [7, 11) is 0. The van der Waals surface area contributed by atoms with Gasteiger partial charge in [0.2, 0.25) is 0 Å². The number of rotatable bonds is 4. The van der Waals surface area contributed by atoms with Crippen LogP contribution >= 0.6 is 0 Å². The molecule has 0 radical (unpaired) electrons. The van der Waals surface area contributed by atoms with Crippen molar-refractivity contribution in [2.24, 2.45) is 0 Å². The van der Waals surface area contributed by atoms with Crippen LogP contribution in [-0.2, 0) is 0 Å². The Morgan fingerprint density at radius 3 is 2.40 bits per heavy atom. The largest absolute Gasteiger partial charge is 0.508 e. The molecule has 0 aliphatic carbocycles. The van der Waals surface area contributed by atoms with E-state index < -0.39 is 0 Å². The van der Waals surface area contributed by atoms with Crippen molar-refractivity contribution >= 4 is 16.5 Å². The monoisotopic (exact) mass is 326 g/mol. The van der Waals surface area contributed by atoms with Crippen LogP contribution in [0.15, 0.2) is 91.3 Å². The highest BCUT2D eigenvalue weighted by atomic mass is 16.3. The number of aromatic hydroxyl groups is 1. The van der Waals surface area contributed by atoms with Crippen LogP contribution in [0.25, 0.3) is 10.8 Å². The lowest BCUT2D eigenvalue weighted by Crippen LogP contribution is -2.13. The van der Waals surface area contributed by atoms with Gasteiger partial charge in [0.05, 0.1) is 11.7 Å². The molecule has 0 aliphatic heterocycles. The van der Waals surface area contributed by atoms with E-state index in [2.05, 4.69) is 28.5 Å². The summed E-state index contributed by atoms with van der Waals surface area (Å²) in [5, 5.41) is 16.3. The average molecular weight is 326 g/mol. The third-order valence-electron chi connectivity index (χ3n) is 4.34. The Morgan fingerprint density at radius 1 is 0.800 bits per heavy atom. The molecule has 2 N–H and O–H groups in total. The Hall–Kier alpha value is -3.33. The van der Waals surface area contributed by atoms with Crippen molar-refractivity contribution in [2.45, 2.75) is 6.04 Å². The van der Waals surface area contributed by atoms with Crippen LogP contribution < -0.4 is 5.32 Å². The Kier molecular flexibility index (Phi) is 4.05. The van der Waals surface area contributed by atoms with E-state index in [0.29, 0.717) is 0 Å². The zero-order valence-corrected chi connectivity index (χ0v) is 13.6. The van der Waals surface area contributed by atoms with Crippen molar-refractivity contribution < 1.29 is 5.11 Å². The summed E-state index contributed by atoms with van der Waals surface area (Å²) in [4.78, 5) is 4.18. The number of hydrogen-bond acceptors (Lipinski definition) is 3. The number of aromatic nitrogens is 1. The molecule has 0 saturated heterocycles. The molecule has 0 bridgehead atoms. The molecule has 4 rings (SSSR count). The van der Waals surface area contributed by atoms with Crippen LogP contribution in [0.4, 0.5) is 5.69 Å². The molecule has 1 heterocycles. The van der Waals surface area contributed by atoms with E-state index in [1.165, 1.54) is 0 Å². The molecule has 3 nitrogen and oxygen atoms in total. The van der Waals surface area contributed by atoms with E-state index in [1.54, 1.807) is 18.5 Å². The van der Waals surface area contributed by atoms with Gasteiger partial charge in [-0.05, 0) is 34.5 Å². The smallest absolute Gasteiger partial charge is 0.121 e. The van der Waals surface area contributed by atoms with Gasteiger partial charge >= 0.3 is 0 Å². The maximum atomic E-state index is 10.7. The summed E-state index contributed by atoms with van der Waals surface area (Å²) < 4.78 is 0. The standard InChI is InChI=1S/C22H18N2O/c25-20-13-12-16-7-4-5-11-19(16)21(20)22(17-8-2-1-3-9-17)24-18-10-6-14-23-15-18/h1-15,22,24-25H. The molecule has 122 valence electrons. The van der Waals surface area contributed by atoms with Gasteiger partial charge in [-0.2, -0.15) is 0 Å². The second-order valence-corrected chi connectivity index (χ2v) is 5.95. The number of nitrogens with zero attached hydrogens (tertiary/aromatic N) is 1. The van der Waals surface area contributed by atoms with Crippen molar-refractivity contribution in [3.05, 3.63) is 102 Å². The Labute approximate surface area is 146 Å². The minimum Gasteiger partial charge on any atom is -0.508 e. The van der Waals surface area contributed by atoms with Gasteiger partial charge < -0.3 is 10.4 Å². The number of anilines is 1. The predicted molar refractivity (Wildman–Crippen MR) is 102 cm³/mol. The first-order chi connectivity index (χ1) is 12.3. The van der Waals surface area contributed by atoms with Crippen LogP contribution in [-0.4, -0.2) is 10.1 Å². The van der Waals surface area contributed by atoms with Gasteiger partial charge in [0.25, 0.3) is 0 Å². The van der Waals surface area contributed by atoms with E-state index in [4.69, 9.17) is 0 Å². The van der Waals surface area contributed by atoms with Gasteiger partial charge in [-0.15, -0.1) is 0 Å². The summed E-state index contributed by atoms with van der Waals surface area (Å²) in [5.74, 6) is 0.281. The summed E-state index contributed by atoms with van der Waals surface area (Å²) >= 11 is 0.